The summed E-state index contributed by atoms with van der Waals surface area (Å²) in [5, 5.41) is 1.92. The number of aromatic nitrogens is 4. The third-order valence-corrected chi connectivity index (χ3v) is 6.12. The lowest BCUT2D eigenvalue weighted by Gasteiger charge is -2.08. The lowest BCUT2D eigenvalue weighted by atomic mass is 10.1. The van der Waals surface area contributed by atoms with E-state index in [0.29, 0.717) is 11.3 Å². The van der Waals surface area contributed by atoms with Gasteiger partial charge in [-0.25, -0.2) is 19.9 Å². The third-order valence-electron chi connectivity index (χ3n) is 6.12. The van der Waals surface area contributed by atoms with Gasteiger partial charge in [0.15, 0.2) is 11.3 Å². The summed E-state index contributed by atoms with van der Waals surface area (Å²) in [6.45, 7) is 0. The number of benzene rings is 2. The molecule has 0 amide bonds. The van der Waals surface area contributed by atoms with E-state index in [1.807, 2.05) is 91.1 Å². The number of hydrogen-bond acceptors (Lipinski definition) is 6. The molecule has 2 aromatic carbocycles. The molecular formula is C30H22N4O2. The molecule has 0 saturated heterocycles. The molecule has 0 unspecified atom stereocenters. The van der Waals surface area contributed by atoms with Gasteiger partial charge >= 0.3 is 0 Å². The number of fused-ring (bicyclic) bond motifs is 2. The van der Waals surface area contributed by atoms with Gasteiger partial charge in [-0.05, 0) is 66.7 Å². The molecule has 0 N–H and O–H groups in total. The smallest absolute Gasteiger partial charge is 0.160 e. The summed E-state index contributed by atoms with van der Waals surface area (Å²) in [5.41, 5.74) is 6.73. The van der Waals surface area contributed by atoms with Crippen molar-refractivity contribution in [1.82, 2.24) is 19.9 Å². The third kappa shape index (κ3) is 4.09. The maximum Gasteiger partial charge on any atom is 0.160 e. The van der Waals surface area contributed by atoms with Crippen molar-refractivity contribution in [2.75, 3.05) is 14.2 Å². The van der Waals surface area contributed by atoms with E-state index in [2.05, 4.69) is 11.1 Å². The highest BCUT2D eigenvalue weighted by Crippen LogP contribution is 2.28. The van der Waals surface area contributed by atoms with E-state index in [1.54, 1.807) is 14.2 Å². The first-order valence-corrected chi connectivity index (χ1v) is 11.5. The van der Waals surface area contributed by atoms with Crippen LogP contribution in [0.4, 0.5) is 0 Å². The molecule has 0 fully saturated rings. The number of pyridine rings is 4. The fourth-order valence-corrected chi connectivity index (χ4v) is 4.20. The predicted molar refractivity (Wildman–Crippen MR) is 142 cm³/mol. The van der Waals surface area contributed by atoms with Crippen LogP contribution in [0.15, 0.2) is 97.2 Å². The van der Waals surface area contributed by atoms with E-state index in [4.69, 9.17) is 24.4 Å². The second-order valence-electron chi connectivity index (χ2n) is 8.37. The number of rotatable bonds is 5. The molecule has 4 aromatic heterocycles. The van der Waals surface area contributed by atoms with Gasteiger partial charge in [-0.2, -0.15) is 0 Å². The highest BCUT2D eigenvalue weighted by atomic mass is 16.5. The molecule has 6 rings (SSSR count). The van der Waals surface area contributed by atoms with E-state index in [9.17, 15) is 0 Å². The Balaban J connectivity index is 1.36. The summed E-state index contributed by atoms with van der Waals surface area (Å²) >= 11 is 0. The highest BCUT2D eigenvalue weighted by Gasteiger charge is 2.09. The molecule has 0 aliphatic rings. The number of hydrogen-bond donors (Lipinski definition) is 0. The summed E-state index contributed by atoms with van der Waals surface area (Å²) < 4.78 is 10.7. The topological polar surface area (TPSA) is 70.0 Å². The van der Waals surface area contributed by atoms with Crippen LogP contribution in [0, 0.1) is 0 Å². The Bertz CT molecular complexity index is 1730. The number of nitrogens with zero attached hydrogens (tertiary/aromatic N) is 4. The molecule has 6 heteroatoms. The van der Waals surface area contributed by atoms with E-state index in [1.165, 1.54) is 0 Å². The van der Waals surface area contributed by atoms with Crippen molar-refractivity contribution in [2.45, 2.75) is 0 Å². The van der Waals surface area contributed by atoms with Crippen LogP contribution in [0.25, 0.3) is 55.8 Å². The van der Waals surface area contributed by atoms with Crippen LogP contribution in [0.3, 0.4) is 0 Å². The highest BCUT2D eigenvalue weighted by molar-refractivity contribution is 5.85. The first-order valence-electron chi connectivity index (χ1n) is 11.5. The van der Waals surface area contributed by atoms with Crippen LogP contribution in [-0.4, -0.2) is 34.2 Å². The summed E-state index contributed by atoms with van der Waals surface area (Å²) in [6, 6.07) is 29.9. The molecule has 0 aliphatic carbocycles. The molecule has 0 bridgehead atoms. The summed E-state index contributed by atoms with van der Waals surface area (Å²) in [7, 11) is 3.32. The van der Waals surface area contributed by atoms with Gasteiger partial charge in [0.05, 0.1) is 31.3 Å². The van der Waals surface area contributed by atoms with Gasteiger partial charge in [-0.15, -0.1) is 0 Å². The second-order valence-corrected chi connectivity index (χ2v) is 8.37. The average Bonchev–Trinajstić information content (AvgIpc) is 2.96. The molecule has 6 aromatic rings. The lowest BCUT2D eigenvalue weighted by Crippen LogP contribution is -1.93. The molecule has 0 saturated carbocycles. The van der Waals surface area contributed by atoms with Crippen LogP contribution in [-0.2, 0) is 0 Å². The minimum Gasteiger partial charge on any atom is -0.497 e. The van der Waals surface area contributed by atoms with E-state index in [-0.39, 0.29) is 0 Å². The fraction of sp³-hybridized carbons (Fsp3) is 0.0667. The van der Waals surface area contributed by atoms with Crippen molar-refractivity contribution in [3.63, 3.8) is 0 Å². The zero-order chi connectivity index (χ0) is 24.5. The Morgan fingerprint density at radius 2 is 1.03 bits per heavy atom. The van der Waals surface area contributed by atoms with Crippen LogP contribution < -0.4 is 9.47 Å². The van der Waals surface area contributed by atoms with Crippen molar-refractivity contribution in [2.24, 2.45) is 0 Å². The standard InChI is InChI=1S/C30H22N4O2/c1-35-24-7-3-5-20(16-24)26-14-11-22-15-23(18-31-29(22)32-26)28-13-10-19-9-12-27(33-30(19)34-28)21-6-4-8-25(17-21)36-2/h3-18H,1-2H3. The minimum atomic E-state index is 0.679. The molecule has 0 aliphatic heterocycles. The Labute approximate surface area is 208 Å². The molecule has 0 spiro atoms. The van der Waals surface area contributed by atoms with Crippen molar-refractivity contribution in [3.05, 3.63) is 97.2 Å². The normalized spacial score (nSPS) is 11.1. The quantitative estimate of drug-likeness (QED) is 0.283. The van der Waals surface area contributed by atoms with Gasteiger partial charge in [-0.3, -0.25) is 0 Å². The minimum absolute atomic E-state index is 0.679. The van der Waals surface area contributed by atoms with Gasteiger partial charge in [0, 0.05) is 33.7 Å². The first kappa shape index (κ1) is 21.7. The fourth-order valence-electron chi connectivity index (χ4n) is 4.20. The largest absolute Gasteiger partial charge is 0.497 e. The van der Waals surface area contributed by atoms with Crippen molar-refractivity contribution < 1.29 is 9.47 Å². The van der Waals surface area contributed by atoms with Gasteiger partial charge in [-0.1, -0.05) is 24.3 Å². The summed E-state index contributed by atoms with van der Waals surface area (Å²) in [5.74, 6) is 1.59. The first-order chi connectivity index (χ1) is 17.7. The van der Waals surface area contributed by atoms with Crippen molar-refractivity contribution in [3.8, 4) is 45.3 Å². The monoisotopic (exact) mass is 470 g/mol. The number of methoxy groups -OCH3 is 2. The van der Waals surface area contributed by atoms with Gasteiger partial charge in [0.1, 0.15) is 11.5 Å². The van der Waals surface area contributed by atoms with Crippen LogP contribution in [0.5, 0.6) is 11.5 Å². The van der Waals surface area contributed by atoms with Gasteiger partial charge in [0.25, 0.3) is 0 Å². The maximum atomic E-state index is 5.36. The van der Waals surface area contributed by atoms with Gasteiger partial charge in [0.2, 0.25) is 0 Å². The Morgan fingerprint density at radius 1 is 0.500 bits per heavy atom. The maximum absolute atomic E-state index is 5.36. The number of ether oxygens (including phenoxy) is 2. The van der Waals surface area contributed by atoms with Crippen molar-refractivity contribution in [1.29, 1.82) is 0 Å². The Hall–Kier alpha value is -4.84. The van der Waals surface area contributed by atoms with Crippen LogP contribution in [0.1, 0.15) is 0 Å². The SMILES string of the molecule is COc1cccc(-c2ccc3cc(-c4ccc5ccc(-c6cccc(OC)c6)nc5n4)cnc3n2)c1. The lowest BCUT2D eigenvalue weighted by molar-refractivity contribution is 0.415. The second kappa shape index (κ2) is 9.07. The van der Waals surface area contributed by atoms with E-state index >= 15 is 0 Å². The van der Waals surface area contributed by atoms with Crippen molar-refractivity contribution >= 4 is 22.1 Å². The molecule has 174 valence electrons. The Morgan fingerprint density at radius 3 is 1.61 bits per heavy atom. The van der Waals surface area contributed by atoms with E-state index < -0.39 is 0 Å². The molecule has 6 nitrogen and oxygen atoms in total. The Kier molecular flexibility index (Phi) is 5.46. The summed E-state index contributed by atoms with van der Waals surface area (Å²) in [6.07, 6.45) is 1.81. The molecular weight excluding hydrogens is 448 g/mol. The molecule has 36 heavy (non-hydrogen) atoms. The van der Waals surface area contributed by atoms with Crippen LogP contribution in [0.2, 0.25) is 0 Å². The molecule has 0 radical (unpaired) electrons. The van der Waals surface area contributed by atoms with Crippen LogP contribution >= 0.6 is 0 Å². The zero-order valence-corrected chi connectivity index (χ0v) is 19.8. The van der Waals surface area contributed by atoms with E-state index in [0.717, 1.165) is 56.0 Å². The predicted octanol–water partition coefficient (Wildman–Crippen LogP) is 6.59. The molecule has 0 atom stereocenters. The average molecular weight is 471 g/mol. The summed E-state index contributed by atoms with van der Waals surface area (Å²) in [4.78, 5) is 19.1. The van der Waals surface area contributed by atoms with Gasteiger partial charge < -0.3 is 9.47 Å². The zero-order valence-electron chi connectivity index (χ0n) is 19.8. The molecule has 4 heterocycles.